The Bertz CT molecular complexity index is 688. The third kappa shape index (κ3) is 7.76. The van der Waals surface area contributed by atoms with Crippen LogP contribution >= 0.6 is 24.0 Å². The fraction of sp³-hybridized carbons (Fsp3) is 0.500. The minimum atomic E-state index is -0.271. The molecule has 0 bridgehead atoms. The fourth-order valence-corrected chi connectivity index (χ4v) is 4.22. The Labute approximate surface area is 177 Å². The fourth-order valence-electron chi connectivity index (χ4n) is 2.91. The van der Waals surface area contributed by atoms with Crippen molar-refractivity contribution in [3.63, 3.8) is 0 Å². The van der Waals surface area contributed by atoms with Crippen LogP contribution in [0.25, 0.3) is 6.08 Å². The Morgan fingerprint density at radius 3 is 2.50 bits per heavy atom. The average molecular weight is 420 g/mol. The lowest BCUT2D eigenvalue weighted by Crippen LogP contribution is -2.30. The summed E-state index contributed by atoms with van der Waals surface area (Å²) in [6.45, 7) is 2.94. The number of ether oxygens (including phenoxy) is 1. The van der Waals surface area contributed by atoms with E-state index in [1.807, 2.05) is 36.4 Å². The van der Waals surface area contributed by atoms with Crippen LogP contribution in [0.3, 0.4) is 0 Å². The summed E-state index contributed by atoms with van der Waals surface area (Å²) in [6.07, 6.45) is 10.3. The number of thioether (sulfide) groups is 1. The van der Waals surface area contributed by atoms with Crippen LogP contribution in [0.15, 0.2) is 35.2 Å². The molecule has 0 aliphatic carbocycles. The molecule has 0 radical (unpaired) electrons. The number of nitrogens with zero attached hydrogens (tertiary/aromatic N) is 1. The molecule has 1 heterocycles. The largest absolute Gasteiger partial charge is 0.466 e. The molecule has 1 aliphatic rings. The zero-order chi connectivity index (χ0) is 20.2. The predicted molar refractivity (Wildman–Crippen MR) is 120 cm³/mol. The number of hydrogen-bond acceptors (Lipinski definition) is 5. The second-order valence-corrected chi connectivity index (χ2v) is 8.51. The van der Waals surface area contributed by atoms with E-state index < -0.39 is 0 Å². The van der Waals surface area contributed by atoms with Crippen LogP contribution in [0.2, 0.25) is 0 Å². The van der Waals surface area contributed by atoms with Crippen molar-refractivity contribution in [3.8, 4) is 0 Å². The lowest BCUT2D eigenvalue weighted by atomic mass is 10.1. The van der Waals surface area contributed by atoms with E-state index in [0.717, 1.165) is 18.4 Å². The van der Waals surface area contributed by atoms with Gasteiger partial charge in [0.25, 0.3) is 5.91 Å². The van der Waals surface area contributed by atoms with Gasteiger partial charge >= 0.3 is 5.97 Å². The van der Waals surface area contributed by atoms with Gasteiger partial charge in [-0.3, -0.25) is 14.5 Å². The first-order chi connectivity index (χ1) is 13.6. The summed E-state index contributed by atoms with van der Waals surface area (Å²) >= 11 is 6.58. The average Bonchev–Trinajstić information content (AvgIpc) is 2.96. The second-order valence-electron chi connectivity index (χ2n) is 6.84. The molecule has 6 heteroatoms. The highest BCUT2D eigenvalue weighted by atomic mass is 32.2. The van der Waals surface area contributed by atoms with Crippen LogP contribution in [0.5, 0.6) is 0 Å². The zero-order valence-electron chi connectivity index (χ0n) is 16.5. The Kier molecular flexibility index (Phi) is 10.3. The molecule has 0 unspecified atom stereocenters. The van der Waals surface area contributed by atoms with E-state index in [-0.39, 0.29) is 24.8 Å². The summed E-state index contributed by atoms with van der Waals surface area (Å²) in [5, 5.41) is 0. The number of rotatable bonds is 12. The van der Waals surface area contributed by atoms with Crippen molar-refractivity contribution >= 4 is 46.3 Å². The van der Waals surface area contributed by atoms with Crippen molar-refractivity contribution in [2.24, 2.45) is 0 Å². The molecule has 0 N–H and O–H groups in total. The SMILES string of the molecule is CCCCCCCCCOC(=O)CCN1C(=O)/C(=C/c2ccccc2)SC1=S. The van der Waals surface area contributed by atoms with E-state index in [1.54, 1.807) is 0 Å². The van der Waals surface area contributed by atoms with Crippen molar-refractivity contribution in [2.45, 2.75) is 58.3 Å². The monoisotopic (exact) mass is 419 g/mol. The third-order valence-electron chi connectivity index (χ3n) is 4.52. The Morgan fingerprint density at radius 1 is 1.11 bits per heavy atom. The molecule has 1 amide bonds. The normalized spacial score (nSPS) is 15.5. The summed E-state index contributed by atoms with van der Waals surface area (Å²) in [5.74, 6) is -0.411. The van der Waals surface area contributed by atoms with Gasteiger partial charge in [0.1, 0.15) is 4.32 Å². The standard InChI is InChI=1S/C22H29NO3S2/c1-2-3-4-5-6-7-11-16-26-20(24)14-15-23-21(25)19(28-22(23)27)17-18-12-9-8-10-13-18/h8-10,12-13,17H,2-7,11,14-16H2,1H3/b19-17-. The molecule has 1 fully saturated rings. The molecule has 1 aromatic rings. The molecule has 1 aromatic carbocycles. The first-order valence-corrected chi connectivity index (χ1v) is 11.3. The van der Waals surface area contributed by atoms with Gasteiger partial charge in [0.2, 0.25) is 0 Å². The maximum absolute atomic E-state index is 12.5. The highest BCUT2D eigenvalue weighted by Crippen LogP contribution is 2.32. The smallest absolute Gasteiger partial charge is 0.307 e. The molecule has 28 heavy (non-hydrogen) atoms. The van der Waals surface area contributed by atoms with Gasteiger partial charge in [-0.05, 0) is 18.1 Å². The van der Waals surface area contributed by atoms with Crippen molar-refractivity contribution < 1.29 is 14.3 Å². The summed E-state index contributed by atoms with van der Waals surface area (Å²) in [5.41, 5.74) is 0.956. The molecule has 152 valence electrons. The minimum Gasteiger partial charge on any atom is -0.466 e. The minimum absolute atomic E-state index is 0.140. The van der Waals surface area contributed by atoms with Crippen molar-refractivity contribution in [2.75, 3.05) is 13.2 Å². The number of esters is 1. The van der Waals surface area contributed by atoms with E-state index in [9.17, 15) is 9.59 Å². The van der Waals surface area contributed by atoms with E-state index in [2.05, 4.69) is 6.92 Å². The number of unbranched alkanes of at least 4 members (excludes halogenated alkanes) is 6. The molecule has 2 rings (SSSR count). The van der Waals surface area contributed by atoms with Gasteiger partial charge in [0.05, 0.1) is 17.9 Å². The predicted octanol–water partition coefficient (Wildman–Crippen LogP) is 5.57. The van der Waals surface area contributed by atoms with Crippen LogP contribution in [-0.4, -0.2) is 34.2 Å². The molecule has 4 nitrogen and oxygen atoms in total. The Hall–Kier alpha value is -1.66. The van der Waals surface area contributed by atoms with Gasteiger partial charge < -0.3 is 4.74 Å². The molecule has 1 aliphatic heterocycles. The van der Waals surface area contributed by atoms with E-state index in [0.29, 0.717) is 15.8 Å². The van der Waals surface area contributed by atoms with Gasteiger partial charge in [0, 0.05) is 6.54 Å². The van der Waals surface area contributed by atoms with Crippen LogP contribution in [0.1, 0.15) is 63.9 Å². The quantitative estimate of drug-likeness (QED) is 0.192. The maximum Gasteiger partial charge on any atom is 0.307 e. The summed E-state index contributed by atoms with van der Waals surface area (Å²) in [6, 6.07) is 9.66. The van der Waals surface area contributed by atoms with Crippen LogP contribution < -0.4 is 0 Å². The number of benzene rings is 1. The molecule has 0 saturated carbocycles. The van der Waals surface area contributed by atoms with Crippen LogP contribution in [0.4, 0.5) is 0 Å². The lowest BCUT2D eigenvalue weighted by Gasteiger charge is -2.13. The van der Waals surface area contributed by atoms with Gasteiger partial charge in [-0.1, -0.05) is 99.8 Å². The molecule has 0 aromatic heterocycles. The van der Waals surface area contributed by atoms with Gasteiger partial charge in [-0.25, -0.2) is 0 Å². The second kappa shape index (κ2) is 12.7. The van der Waals surface area contributed by atoms with Crippen LogP contribution in [0, 0.1) is 0 Å². The maximum atomic E-state index is 12.5. The molecule has 1 saturated heterocycles. The Morgan fingerprint density at radius 2 is 1.79 bits per heavy atom. The van der Waals surface area contributed by atoms with E-state index in [1.165, 1.54) is 48.8 Å². The van der Waals surface area contributed by atoms with Crippen molar-refractivity contribution in [1.29, 1.82) is 0 Å². The molecule has 0 spiro atoms. The van der Waals surface area contributed by atoms with Gasteiger partial charge in [-0.2, -0.15) is 0 Å². The third-order valence-corrected chi connectivity index (χ3v) is 5.90. The number of thiocarbonyl (C=S) groups is 1. The molecule has 0 atom stereocenters. The van der Waals surface area contributed by atoms with Crippen molar-refractivity contribution in [3.05, 3.63) is 40.8 Å². The summed E-state index contributed by atoms with van der Waals surface area (Å²) < 4.78 is 5.77. The number of hydrogen-bond donors (Lipinski definition) is 0. The number of carbonyl (C=O) groups is 2. The first-order valence-electron chi connectivity index (χ1n) is 10.1. The molecular weight excluding hydrogens is 390 g/mol. The van der Waals surface area contributed by atoms with Gasteiger partial charge in [0.15, 0.2) is 0 Å². The first kappa shape index (κ1) is 22.6. The topological polar surface area (TPSA) is 46.6 Å². The number of amides is 1. The van der Waals surface area contributed by atoms with Crippen molar-refractivity contribution in [1.82, 2.24) is 4.90 Å². The molecular formula is C22H29NO3S2. The Balaban J connectivity index is 1.66. The zero-order valence-corrected chi connectivity index (χ0v) is 18.2. The van der Waals surface area contributed by atoms with E-state index in [4.69, 9.17) is 17.0 Å². The van der Waals surface area contributed by atoms with E-state index >= 15 is 0 Å². The highest BCUT2D eigenvalue weighted by Gasteiger charge is 2.32. The van der Waals surface area contributed by atoms with Gasteiger partial charge in [-0.15, -0.1) is 0 Å². The summed E-state index contributed by atoms with van der Waals surface area (Å²) in [4.78, 5) is 26.6. The summed E-state index contributed by atoms with van der Waals surface area (Å²) in [7, 11) is 0. The number of carbonyl (C=O) groups excluding carboxylic acids is 2. The highest BCUT2D eigenvalue weighted by molar-refractivity contribution is 8.26. The lowest BCUT2D eigenvalue weighted by molar-refractivity contribution is -0.144. The van der Waals surface area contributed by atoms with Crippen LogP contribution in [-0.2, 0) is 14.3 Å².